The van der Waals surface area contributed by atoms with Crippen LogP contribution < -0.4 is 25.3 Å². The van der Waals surface area contributed by atoms with Gasteiger partial charge in [-0.25, -0.2) is 4.98 Å². The molecule has 1 unspecified atom stereocenters. The summed E-state index contributed by atoms with van der Waals surface area (Å²) in [6.45, 7) is 0.831. The fourth-order valence-corrected chi connectivity index (χ4v) is 3.19. The van der Waals surface area contributed by atoms with Crippen LogP contribution in [0.3, 0.4) is 0 Å². The number of hydrogen-bond donors (Lipinski definition) is 2. The fourth-order valence-electron chi connectivity index (χ4n) is 3.19. The number of primary amides is 1. The summed E-state index contributed by atoms with van der Waals surface area (Å²) in [5, 5.41) is 3.22. The molecule has 1 aromatic heterocycles. The van der Waals surface area contributed by atoms with Crippen molar-refractivity contribution in [1.29, 1.82) is 0 Å². The van der Waals surface area contributed by atoms with Gasteiger partial charge in [0.05, 0.1) is 26.6 Å². The molecule has 0 saturated carbocycles. The number of nitrogens with one attached hydrogen (secondary N) is 1. The van der Waals surface area contributed by atoms with E-state index in [2.05, 4.69) is 10.3 Å². The van der Waals surface area contributed by atoms with Crippen LogP contribution >= 0.6 is 0 Å². The molecule has 8 heteroatoms. The Bertz CT molecular complexity index is 1020. The average molecular weight is 425 g/mol. The first-order chi connectivity index (χ1) is 15.0. The summed E-state index contributed by atoms with van der Waals surface area (Å²) in [6, 6.07) is 12.8. The van der Waals surface area contributed by atoms with Gasteiger partial charge in [0, 0.05) is 43.5 Å². The Labute approximate surface area is 181 Å². The third kappa shape index (κ3) is 5.99. The summed E-state index contributed by atoms with van der Waals surface area (Å²) < 4.78 is 18.5. The normalized spacial score (nSPS) is 11.7. The number of methoxy groups -OCH3 is 2. The van der Waals surface area contributed by atoms with Gasteiger partial charge in [-0.15, -0.1) is 0 Å². The lowest BCUT2D eigenvalue weighted by Crippen LogP contribution is -2.42. The number of benzene rings is 2. The summed E-state index contributed by atoms with van der Waals surface area (Å²) in [7, 11) is 5.12. The van der Waals surface area contributed by atoms with Gasteiger partial charge < -0.3 is 29.8 Å². The molecule has 3 N–H and O–H groups in total. The number of hydrogen-bond acceptors (Lipinski definition) is 6. The predicted octanol–water partition coefficient (Wildman–Crippen LogP) is 2.20. The van der Waals surface area contributed by atoms with Crippen molar-refractivity contribution >= 4 is 5.91 Å². The number of nitrogens with zero attached hydrogens (tertiary/aromatic N) is 2. The number of aromatic nitrogens is 2. The number of carbonyl (C=O) groups is 1. The van der Waals surface area contributed by atoms with Gasteiger partial charge >= 0.3 is 0 Å². The minimum absolute atomic E-state index is 0.409. The number of nitrogens with two attached hydrogens (primary N) is 1. The molecule has 0 fully saturated rings. The zero-order valence-corrected chi connectivity index (χ0v) is 18.0. The smallest absolute Gasteiger partial charge is 0.234 e. The van der Waals surface area contributed by atoms with Gasteiger partial charge in [0.1, 0.15) is 23.9 Å². The molecule has 3 rings (SSSR count). The van der Waals surface area contributed by atoms with Crippen molar-refractivity contribution in [3.8, 4) is 17.2 Å². The van der Waals surface area contributed by atoms with E-state index in [1.165, 1.54) is 0 Å². The van der Waals surface area contributed by atoms with E-state index < -0.39 is 11.9 Å². The average Bonchev–Trinajstić information content (AvgIpc) is 3.19. The molecule has 0 aliphatic heterocycles. The molecule has 0 bridgehead atoms. The van der Waals surface area contributed by atoms with Gasteiger partial charge in [-0.1, -0.05) is 18.2 Å². The largest absolute Gasteiger partial charge is 0.497 e. The van der Waals surface area contributed by atoms with Crippen LogP contribution in [0.1, 0.15) is 16.8 Å². The van der Waals surface area contributed by atoms with E-state index in [1.54, 1.807) is 26.7 Å². The number of imidazole rings is 1. The lowest BCUT2D eigenvalue weighted by Gasteiger charge is -2.17. The topological polar surface area (TPSA) is 101 Å². The zero-order chi connectivity index (χ0) is 22.2. The predicted molar refractivity (Wildman–Crippen MR) is 117 cm³/mol. The monoisotopic (exact) mass is 424 g/mol. The molecule has 1 heterocycles. The molecule has 1 amide bonds. The molecule has 8 nitrogen and oxygen atoms in total. The Morgan fingerprint density at radius 3 is 2.68 bits per heavy atom. The van der Waals surface area contributed by atoms with Crippen molar-refractivity contribution in [2.75, 3.05) is 14.2 Å². The Morgan fingerprint density at radius 1 is 1.16 bits per heavy atom. The highest BCUT2D eigenvalue weighted by molar-refractivity contribution is 5.80. The molecular formula is C23H28N4O4. The first-order valence-electron chi connectivity index (χ1n) is 9.90. The number of amides is 1. The number of rotatable bonds is 11. The lowest BCUT2D eigenvalue weighted by atomic mass is 10.1. The van der Waals surface area contributed by atoms with E-state index >= 15 is 0 Å². The van der Waals surface area contributed by atoms with Crippen LogP contribution in [0.15, 0.2) is 55.0 Å². The maximum absolute atomic E-state index is 11.9. The molecule has 0 radical (unpaired) electrons. The quantitative estimate of drug-likeness (QED) is 0.489. The highest BCUT2D eigenvalue weighted by atomic mass is 16.5. The highest BCUT2D eigenvalue weighted by Gasteiger charge is 2.18. The van der Waals surface area contributed by atoms with Crippen molar-refractivity contribution in [1.82, 2.24) is 14.9 Å². The number of carbonyl (C=O) groups excluding carboxylic acids is 1. The minimum atomic E-state index is -0.524. The van der Waals surface area contributed by atoms with E-state index in [1.807, 2.05) is 54.1 Å². The van der Waals surface area contributed by atoms with Gasteiger partial charge in [0.2, 0.25) is 5.91 Å². The van der Waals surface area contributed by atoms with Crippen LogP contribution in [0.5, 0.6) is 17.2 Å². The molecular weight excluding hydrogens is 396 g/mol. The van der Waals surface area contributed by atoms with Crippen molar-refractivity contribution in [3.05, 3.63) is 71.8 Å². The van der Waals surface area contributed by atoms with Gasteiger partial charge in [-0.05, 0) is 23.8 Å². The molecule has 0 aliphatic carbocycles. The Hall–Kier alpha value is -3.52. The van der Waals surface area contributed by atoms with E-state index in [0.29, 0.717) is 31.1 Å². The first kappa shape index (κ1) is 22.2. The summed E-state index contributed by atoms with van der Waals surface area (Å²) in [5.41, 5.74) is 8.41. The van der Waals surface area contributed by atoms with E-state index in [4.69, 9.17) is 19.9 Å². The van der Waals surface area contributed by atoms with Gasteiger partial charge in [-0.2, -0.15) is 0 Å². The summed E-state index contributed by atoms with van der Waals surface area (Å²) >= 11 is 0. The van der Waals surface area contributed by atoms with Crippen LogP contribution in [0.4, 0.5) is 0 Å². The third-order valence-corrected chi connectivity index (χ3v) is 5.01. The van der Waals surface area contributed by atoms with E-state index in [-0.39, 0.29) is 0 Å². The van der Waals surface area contributed by atoms with Crippen molar-refractivity contribution in [3.63, 3.8) is 0 Å². The van der Waals surface area contributed by atoms with Crippen LogP contribution in [-0.4, -0.2) is 35.7 Å². The highest BCUT2D eigenvalue weighted by Crippen LogP contribution is 2.26. The number of ether oxygens (including phenoxy) is 3. The van der Waals surface area contributed by atoms with Gasteiger partial charge in [0.25, 0.3) is 0 Å². The maximum Gasteiger partial charge on any atom is 0.234 e. The summed E-state index contributed by atoms with van der Waals surface area (Å²) in [5.74, 6) is 1.72. The van der Waals surface area contributed by atoms with Gasteiger partial charge in [-0.3, -0.25) is 4.79 Å². The second-order valence-electron chi connectivity index (χ2n) is 7.15. The molecule has 1 atom stereocenters. The third-order valence-electron chi connectivity index (χ3n) is 5.01. The first-order valence-corrected chi connectivity index (χ1v) is 9.90. The fraction of sp³-hybridized carbons (Fsp3) is 0.304. The second kappa shape index (κ2) is 10.5. The van der Waals surface area contributed by atoms with Crippen LogP contribution in [0.25, 0.3) is 0 Å². The molecule has 0 saturated heterocycles. The Morgan fingerprint density at radius 2 is 2.00 bits per heavy atom. The lowest BCUT2D eigenvalue weighted by molar-refractivity contribution is -0.120. The standard InChI is InChI=1S/C23H28N4O4/c1-27-15-25-13-18(27)10-21(23(24)28)26-12-17-7-8-20(11-22(17)30-3)31-14-16-5-4-6-19(9-16)29-2/h4-9,11,13,15,21,26H,10,12,14H2,1-3H3,(H2,24,28). The van der Waals surface area contributed by atoms with Crippen molar-refractivity contribution in [2.24, 2.45) is 12.8 Å². The second-order valence-corrected chi connectivity index (χ2v) is 7.15. The zero-order valence-electron chi connectivity index (χ0n) is 18.0. The van der Waals surface area contributed by atoms with E-state index in [0.717, 1.165) is 22.6 Å². The van der Waals surface area contributed by atoms with Crippen molar-refractivity contribution < 1.29 is 19.0 Å². The van der Waals surface area contributed by atoms with Crippen LogP contribution in [0.2, 0.25) is 0 Å². The number of aryl methyl sites for hydroxylation is 1. The molecule has 0 aliphatic rings. The summed E-state index contributed by atoms with van der Waals surface area (Å²) in [4.78, 5) is 16.0. The van der Waals surface area contributed by atoms with Crippen LogP contribution in [0, 0.1) is 0 Å². The van der Waals surface area contributed by atoms with Crippen molar-refractivity contribution in [2.45, 2.75) is 25.6 Å². The summed E-state index contributed by atoms with van der Waals surface area (Å²) in [6.07, 6.45) is 3.88. The molecule has 0 spiro atoms. The Balaban J connectivity index is 1.63. The van der Waals surface area contributed by atoms with Crippen LogP contribution in [-0.2, 0) is 31.4 Å². The molecule has 31 heavy (non-hydrogen) atoms. The Kier molecular flexibility index (Phi) is 7.50. The minimum Gasteiger partial charge on any atom is -0.497 e. The molecule has 164 valence electrons. The van der Waals surface area contributed by atoms with Gasteiger partial charge in [0.15, 0.2) is 0 Å². The maximum atomic E-state index is 11.9. The molecule has 3 aromatic rings. The molecule has 2 aromatic carbocycles. The SMILES string of the molecule is COc1cccc(COc2ccc(CNC(Cc3cncn3C)C(N)=O)c(OC)c2)c1. The van der Waals surface area contributed by atoms with E-state index in [9.17, 15) is 4.79 Å².